The predicted octanol–water partition coefficient (Wildman–Crippen LogP) is 3.18. The van der Waals surface area contributed by atoms with Crippen molar-refractivity contribution < 1.29 is 28.2 Å². The van der Waals surface area contributed by atoms with Crippen LogP contribution < -0.4 is 14.8 Å². The number of likely N-dealkylation sites (tertiary alicyclic amines) is 1. The Hall–Kier alpha value is -4.12. The maximum atomic E-state index is 14.6. The Morgan fingerprint density at radius 3 is 2.63 bits per heavy atom. The van der Waals surface area contributed by atoms with Crippen LogP contribution in [0.3, 0.4) is 0 Å². The Labute approximate surface area is 242 Å². The zero-order valence-electron chi connectivity index (χ0n) is 23.0. The number of nitrogens with one attached hydrogen (secondary N) is 1. The number of amides is 3. The quantitative estimate of drug-likeness (QED) is 0.508. The SMILES string of the molecule is COc1ccc2cc1OCCCN(C(=O)c1ccc(Cl)cc1F)CC(=O)N[C@H]1CN(C(=O)c3cc(C)n(C)n3)C[C@H]21. The molecule has 1 fully saturated rings. The van der Waals surface area contributed by atoms with E-state index >= 15 is 0 Å². The molecule has 5 rings (SSSR count). The molecule has 3 aromatic rings. The lowest BCUT2D eigenvalue weighted by molar-refractivity contribution is -0.122. The van der Waals surface area contributed by atoms with E-state index in [0.717, 1.165) is 17.3 Å². The van der Waals surface area contributed by atoms with Crippen molar-refractivity contribution in [3.05, 3.63) is 75.8 Å². The van der Waals surface area contributed by atoms with Gasteiger partial charge in [0.1, 0.15) is 5.82 Å². The smallest absolute Gasteiger partial charge is 0.274 e. The zero-order chi connectivity index (χ0) is 29.3. The molecule has 3 heterocycles. The topological polar surface area (TPSA) is 106 Å². The summed E-state index contributed by atoms with van der Waals surface area (Å²) in [5.41, 5.74) is 1.86. The number of rotatable bonds is 3. The van der Waals surface area contributed by atoms with Gasteiger partial charge in [0.05, 0.1) is 31.9 Å². The van der Waals surface area contributed by atoms with Crippen molar-refractivity contribution in [2.24, 2.45) is 7.05 Å². The van der Waals surface area contributed by atoms with Crippen LogP contribution >= 0.6 is 11.6 Å². The lowest BCUT2D eigenvalue weighted by Crippen LogP contribution is -2.47. The first kappa shape index (κ1) is 28.4. The van der Waals surface area contributed by atoms with E-state index < -0.39 is 23.7 Å². The number of aromatic nitrogens is 2. The van der Waals surface area contributed by atoms with Crippen molar-refractivity contribution in [2.45, 2.75) is 25.3 Å². The normalized spacial score (nSPS) is 19.3. The Balaban J connectivity index is 1.45. The van der Waals surface area contributed by atoms with Crippen molar-refractivity contribution in [3.63, 3.8) is 0 Å². The van der Waals surface area contributed by atoms with E-state index in [1.54, 1.807) is 35.9 Å². The van der Waals surface area contributed by atoms with Gasteiger partial charge in [0, 0.05) is 43.3 Å². The molecule has 2 atom stereocenters. The van der Waals surface area contributed by atoms with Crippen molar-refractivity contribution in [1.82, 2.24) is 24.9 Å². The zero-order valence-corrected chi connectivity index (χ0v) is 23.8. The molecule has 2 aromatic carbocycles. The molecule has 12 heteroatoms. The lowest BCUT2D eigenvalue weighted by Gasteiger charge is -2.25. The van der Waals surface area contributed by atoms with Gasteiger partial charge in [-0.1, -0.05) is 17.7 Å². The maximum absolute atomic E-state index is 14.6. The van der Waals surface area contributed by atoms with Crippen LogP contribution in [0.15, 0.2) is 42.5 Å². The fourth-order valence-electron chi connectivity index (χ4n) is 5.27. The van der Waals surface area contributed by atoms with Gasteiger partial charge in [-0.2, -0.15) is 5.10 Å². The fourth-order valence-corrected chi connectivity index (χ4v) is 5.43. The van der Waals surface area contributed by atoms with Gasteiger partial charge in [0.2, 0.25) is 5.91 Å². The van der Waals surface area contributed by atoms with Gasteiger partial charge in [-0.05, 0) is 55.3 Å². The number of ether oxygens (including phenoxy) is 2. The van der Waals surface area contributed by atoms with E-state index in [0.29, 0.717) is 30.2 Å². The minimum absolute atomic E-state index is 0.147. The second-order valence-electron chi connectivity index (χ2n) is 10.2. The third-order valence-electron chi connectivity index (χ3n) is 7.52. The molecule has 1 aromatic heterocycles. The number of benzene rings is 2. The van der Waals surface area contributed by atoms with Crippen LogP contribution in [0.1, 0.15) is 44.4 Å². The van der Waals surface area contributed by atoms with E-state index in [9.17, 15) is 18.8 Å². The summed E-state index contributed by atoms with van der Waals surface area (Å²) in [4.78, 5) is 43.0. The molecule has 0 spiro atoms. The summed E-state index contributed by atoms with van der Waals surface area (Å²) in [6.07, 6.45) is 0.389. The van der Waals surface area contributed by atoms with Crippen molar-refractivity contribution in [1.29, 1.82) is 0 Å². The standard InChI is InChI=1S/C29H31ClFN5O5/c1-17-11-23(33-34(17)2)29(39)36-14-21-18-5-8-25(40-3)26(12-18)41-10-4-9-35(16-27(37)32-24(21)15-36)28(38)20-7-6-19(30)13-22(20)31/h5-8,11-13,21,24H,4,9-10,14-16H2,1-3H3,(H,32,37)/t21-,24+/m1/s1. The van der Waals surface area contributed by atoms with Crippen LogP contribution in [-0.2, 0) is 11.8 Å². The predicted molar refractivity (Wildman–Crippen MR) is 149 cm³/mol. The first-order valence-corrected chi connectivity index (χ1v) is 13.7. The minimum Gasteiger partial charge on any atom is -0.493 e. The van der Waals surface area contributed by atoms with Gasteiger partial charge in [0.15, 0.2) is 17.2 Å². The first-order valence-electron chi connectivity index (χ1n) is 13.3. The van der Waals surface area contributed by atoms with E-state index in [1.165, 1.54) is 17.0 Å². The number of halogens is 2. The lowest BCUT2D eigenvalue weighted by atomic mass is 9.94. The Morgan fingerprint density at radius 2 is 1.93 bits per heavy atom. The summed E-state index contributed by atoms with van der Waals surface area (Å²) in [5.74, 6) is -1.27. The second-order valence-corrected chi connectivity index (χ2v) is 10.7. The highest BCUT2D eigenvalue weighted by atomic mass is 35.5. The fraction of sp³-hybridized carbons (Fsp3) is 0.379. The van der Waals surface area contributed by atoms with Gasteiger partial charge in [0.25, 0.3) is 11.8 Å². The summed E-state index contributed by atoms with van der Waals surface area (Å²) in [7, 11) is 3.32. The monoisotopic (exact) mass is 583 g/mol. The highest BCUT2D eigenvalue weighted by Gasteiger charge is 2.39. The Kier molecular flexibility index (Phi) is 8.16. The van der Waals surface area contributed by atoms with E-state index in [2.05, 4.69) is 10.4 Å². The van der Waals surface area contributed by atoms with Crippen molar-refractivity contribution in [2.75, 3.05) is 39.9 Å². The minimum atomic E-state index is -0.766. The molecule has 2 aliphatic rings. The van der Waals surface area contributed by atoms with E-state index in [4.69, 9.17) is 21.1 Å². The van der Waals surface area contributed by atoms with Crippen LogP contribution in [0.2, 0.25) is 5.02 Å². The Morgan fingerprint density at radius 1 is 1.12 bits per heavy atom. The summed E-state index contributed by atoms with van der Waals surface area (Å²) >= 11 is 5.87. The molecule has 41 heavy (non-hydrogen) atoms. The van der Waals surface area contributed by atoms with Crippen LogP contribution in [0.4, 0.5) is 4.39 Å². The molecule has 216 valence electrons. The van der Waals surface area contributed by atoms with Gasteiger partial charge < -0.3 is 24.6 Å². The van der Waals surface area contributed by atoms with E-state index in [1.807, 2.05) is 19.1 Å². The highest BCUT2D eigenvalue weighted by molar-refractivity contribution is 6.30. The molecule has 1 saturated heterocycles. The molecule has 0 radical (unpaired) electrons. The molecule has 1 N–H and O–H groups in total. The summed E-state index contributed by atoms with van der Waals surface area (Å²) in [6, 6.07) is 10.6. The maximum Gasteiger partial charge on any atom is 0.274 e. The number of fused-ring (bicyclic) bond motifs is 4. The van der Waals surface area contributed by atoms with Gasteiger partial charge in [-0.3, -0.25) is 19.1 Å². The molecule has 2 aliphatic heterocycles. The highest BCUT2D eigenvalue weighted by Crippen LogP contribution is 2.35. The molecule has 2 bridgehead atoms. The van der Waals surface area contributed by atoms with Crippen LogP contribution in [0.5, 0.6) is 11.5 Å². The van der Waals surface area contributed by atoms with E-state index in [-0.39, 0.29) is 48.7 Å². The summed E-state index contributed by atoms with van der Waals surface area (Å²) < 4.78 is 27.8. The van der Waals surface area contributed by atoms with Crippen LogP contribution in [0, 0.1) is 12.7 Å². The average Bonchev–Trinajstić information content (AvgIpc) is 3.51. The van der Waals surface area contributed by atoms with Crippen molar-refractivity contribution in [3.8, 4) is 11.5 Å². The number of methoxy groups -OCH3 is 1. The van der Waals surface area contributed by atoms with Gasteiger partial charge in [-0.25, -0.2) is 4.39 Å². The summed E-state index contributed by atoms with van der Waals surface area (Å²) in [6.45, 7) is 2.53. The number of aryl methyl sites for hydroxylation is 2. The number of hydrogen-bond donors (Lipinski definition) is 1. The molecular formula is C29H31ClFN5O5. The third kappa shape index (κ3) is 6.00. The first-order chi connectivity index (χ1) is 19.6. The third-order valence-corrected chi connectivity index (χ3v) is 7.75. The van der Waals surface area contributed by atoms with Crippen molar-refractivity contribution >= 4 is 29.3 Å². The van der Waals surface area contributed by atoms with Crippen LogP contribution in [0.25, 0.3) is 0 Å². The molecule has 0 aliphatic carbocycles. The molecule has 0 saturated carbocycles. The number of carbonyl (C=O) groups excluding carboxylic acids is 3. The average molecular weight is 584 g/mol. The Bertz CT molecular complexity index is 1470. The van der Waals surface area contributed by atoms with Crippen LogP contribution in [-0.4, -0.2) is 83.2 Å². The second kappa shape index (κ2) is 11.8. The van der Waals surface area contributed by atoms with Gasteiger partial charge in [-0.15, -0.1) is 0 Å². The molecule has 3 amide bonds. The van der Waals surface area contributed by atoms with Gasteiger partial charge >= 0.3 is 0 Å². The number of hydrogen-bond acceptors (Lipinski definition) is 6. The summed E-state index contributed by atoms with van der Waals surface area (Å²) in [5, 5.41) is 7.52. The largest absolute Gasteiger partial charge is 0.493 e. The molecule has 0 unspecified atom stereocenters. The number of nitrogens with zero attached hydrogens (tertiary/aromatic N) is 4. The number of carbonyl (C=O) groups is 3. The molecular weight excluding hydrogens is 553 g/mol. The molecule has 10 nitrogen and oxygen atoms in total.